The van der Waals surface area contributed by atoms with E-state index >= 15 is 0 Å². The van der Waals surface area contributed by atoms with Crippen LogP contribution < -0.4 is 5.90 Å². The molecular weight excluding hydrogens is 61.0 g/mol. The fourth-order valence-corrected chi connectivity index (χ4v) is 0. The summed E-state index contributed by atoms with van der Waals surface area (Å²) in [7, 11) is 3.00. The van der Waals surface area contributed by atoms with Crippen molar-refractivity contribution in [3.05, 3.63) is 7.18 Å². The van der Waals surface area contributed by atoms with Gasteiger partial charge in [0.15, 0.2) is 7.18 Å². The number of nitrogens with two attached hydrogens (primary N) is 1. The van der Waals surface area contributed by atoms with E-state index in [1.54, 1.807) is 0 Å². The van der Waals surface area contributed by atoms with Gasteiger partial charge in [-0.15, -0.1) is 0 Å². The Bertz CT molecular complexity index is 8.00. The fraction of sp³-hybridized carbons (Fsp3) is 0. The maximum Gasteiger partial charge on any atom is 0.168 e. The van der Waals surface area contributed by atoms with Gasteiger partial charge in [0.2, 0.25) is 0 Å². The quantitative estimate of drug-likeness (QED) is 0.389. The van der Waals surface area contributed by atoms with Crippen molar-refractivity contribution in [1.29, 1.82) is 0 Å². The van der Waals surface area contributed by atoms with E-state index in [1.165, 1.54) is 0 Å². The van der Waals surface area contributed by atoms with Crippen LogP contribution in [0.3, 0.4) is 0 Å². The van der Waals surface area contributed by atoms with Crippen LogP contribution in [0.15, 0.2) is 0 Å². The molecule has 0 spiro atoms. The molecule has 4 heavy (non-hydrogen) atoms. The first kappa shape index (κ1) is 9.14. The summed E-state index contributed by atoms with van der Waals surface area (Å²) in [6.45, 7) is 0. The minimum atomic E-state index is 3.00. The first-order valence-corrected chi connectivity index (χ1v) is 0.476. The highest BCUT2D eigenvalue weighted by Crippen LogP contribution is 1.27. The standard InChI is InChI=1S/CHF.H3NO/c2*1-2/h1H;2H,1H2. The van der Waals surface area contributed by atoms with E-state index < -0.39 is 0 Å². The van der Waals surface area contributed by atoms with Crippen LogP contribution in [0.2, 0.25) is 0 Å². The summed E-state index contributed by atoms with van der Waals surface area (Å²) in [6.07, 6.45) is 0. The smallest absolute Gasteiger partial charge is 0.168 e. The van der Waals surface area contributed by atoms with E-state index in [9.17, 15) is 0 Å². The minimum Gasteiger partial charge on any atom is -0.320 e. The van der Waals surface area contributed by atoms with Crippen molar-refractivity contribution >= 4 is 0 Å². The normalized spacial score (nSPS) is 3.00. The van der Waals surface area contributed by atoms with Crippen LogP contribution in [0.25, 0.3) is 0 Å². The number of hydrogen-bond acceptors (Lipinski definition) is 2. The van der Waals surface area contributed by atoms with Crippen molar-refractivity contribution in [3.63, 3.8) is 0 Å². The van der Waals surface area contributed by atoms with Crippen molar-refractivity contribution in [1.82, 2.24) is 0 Å². The van der Waals surface area contributed by atoms with Crippen LogP contribution in [-0.2, 0) is 0 Å². The molecule has 0 atom stereocenters. The Morgan fingerprint density at radius 2 is 1.50 bits per heavy atom. The Morgan fingerprint density at radius 3 is 1.50 bits per heavy atom. The van der Waals surface area contributed by atoms with Crippen LogP contribution >= 0.6 is 0 Å². The zero-order valence-corrected chi connectivity index (χ0v) is 1.98. The molecule has 0 aromatic carbocycles. The Balaban J connectivity index is 0. The molecule has 0 aromatic rings. The van der Waals surface area contributed by atoms with Crippen LogP contribution in [0.4, 0.5) is 4.39 Å². The summed E-state index contributed by atoms with van der Waals surface area (Å²) in [4.78, 5) is 0. The SMILES string of the molecule is NO.[CH]F. The third kappa shape index (κ3) is 59.4. The van der Waals surface area contributed by atoms with Gasteiger partial charge in [0.25, 0.3) is 0 Å². The summed E-state index contributed by atoms with van der Waals surface area (Å²) in [6, 6.07) is 0. The number of rotatable bonds is 0. The molecule has 26 valence electrons. The molecule has 0 unspecified atom stereocenters. The van der Waals surface area contributed by atoms with Gasteiger partial charge < -0.3 is 5.21 Å². The monoisotopic (exact) mass is 65.0 g/mol. The van der Waals surface area contributed by atoms with Gasteiger partial charge in [0.1, 0.15) is 0 Å². The van der Waals surface area contributed by atoms with E-state index in [2.05, 4.69) is 13.1 Å². The molecule has 0 saturated carbocycles. The Labute approximate surface area is 24.0 Å². The van der Waals surface area contributed by atoms with Crippen LogP contribution in [-0.4, -0.2) is 5.21 Å². The molecule has 0 aliphatic carbocycles. The van der Waals surface area contributed by atoms with Crippen molar-refractivity contribution in [2.24, 2.45) is 5.90 Å². The molecule has 0 heterocycles. The van der Waals surface area contributed by atoms with Gasteiger partial charge in [-0.3, -0.25) is 0 Å². The summed E-state index contributed by atoms with van der Waals surface area (Å²) in [5, 5.41) is 6.50. The molecule has 2 nitrogen and oxygen atoms in total. The highest BCUT2D eigenvalue weighted by molar-refractivity contribution is 3.64. The van der Waals surface area contributed by atoms with Gasteiger partial charge in [-0.2, -0.15) is 0 Å². The molecule has 0 rings (SSSR count). The zero-order chi connectivity index (χ0) is 4.00. The van der Waals surface area contributed by atoms with E-state index in [0.29, 0.717) is 0 Å². The van der Waals surface area contributed by atoms with Gasteiger partial charge in [-0.1, -0.05) is 0 Å². The van der Waals surface area contributed by atoms with Gasteiger partial charge in [-0.05, 0) is 0 Å². The van der Waals surface area contributed by atoms with Crippen LogP contribution in [0.5, 0.6) is 0 Å². The third-order valence-corrected chi connectivity index (χ3v) is 0. The second kappa shape index (κ2) is 434. The van der Waals surface area contributed by atoms with Gasteiger partial charge in [-0.25, -0.2) is 10.3 Å². The van der Waals surface area contributed by atoms with Gasteiger partial charge in [0, 0.05) is 0 Å². The van der Waals surface area contributed by atoms with Crippen molar-refractivity contribution in [2.45, 2.75) is 0 Å². The third-order valence-electron chi connectivity index (χ3n) is 0. The molecule has 3 heteroatoms. The van der Waals surface area contributed by atoms with Crippen LogP contribution in [0, 0.1) is 7.18 Å². The Morgan fingerprint density at radius 1 is 1.50 bits per heavy atom. The molecule has 0 bridgehead atoms. The zero-order valence-electron chi connectivity index (χ0n) is 1.98. The fourth-order valence-electron chi connectivity index (χ4n) is 0. The summed E-state index contributed by atoms with van der Waals surface area (Å²) in [5.41, 5.74) is 0. The molecule has 0 amide bonds. The van der Waals surface area contributed by atoms with Gasteiger partial charge in [0.05, 0.1) is 0 Å². The predicted molar refractivity (Wildman–Crippen MR) is 11.4 cm³/mol. The van der Waals surface area contributed by atoms with E-state index in [1.807, 2.05) is 0 Å². The van der Waals surface area contributed by atoms with Gasteiger partial charge >= 0.3 is 0 Å². The molecular formula is CH4FNO. The molecule has 0 saturated heterocycles. The Hall–Kier alpha value is -0.150. The van der Waals surface area contributed by atoms with E-state index in [0.717, 1.165) is 0 Å². The average molecular weight is 65.0 g/mol. The summed E-state index contributed by atoms with van der Waals surface area (Å²) < 4.78 is 9.00. The molecule has 3 N–H and O–H groups in total. The first-order valence-electron chi connectivity index (χ1n) is 0.476. The maximum absolute atomic E-state index is 9.00. The molecule has 0 aliphatic rings. The topological polar surface area (TPSA) is 46.2 Å². The first-order chi connectivity index (χ1) is 2.00. The lowest BCUT2D eigenvalue weighted by Crippen LogP contribution is -1.72. The lowest BCUT2D eigenvalue weighted by Gasteiger charge is -1.27. The number of hydrogen-bond donors (Lipinski definition) is 2. The summed E-state index contributed by atoms with van der Waals surface area (Å²) >= 11 is 0. The largest absolute Gasteiger partial charge is 0.320 e. The highest BCUT2D eigenvalue weighted by atomic mass is 19.1. The maximum atomic E-state index is 9.00. The minimum absolute atomic E-state index is 3.00. The molecule has 2 radical (unpaired) electrons. The van der Waals surface area contributed by atoms with E-state index in [4.69, 9.17) is 9.60 Å². The second-order valence-corrected chi connectivity index (χ2v) is 0. The average Bonchev–Trinajstić information content (AvgIpc) is 1.50. The highest BCUT2D eigenvalue weighted by Gasteiger charge is 0.984. The molecule has 0 aromatic heterocycles. The lowest BCUT2D eigenvalue weighted by atomic mass is 11.9. The lowest BCUT2D eigenvalue weighted by molar-refractivity contribution is 0.311. The second-order valence-electron chi connectivity index (χ2n) is 0. The van der Waals surface area contributed by atoms with E-state index in [-0.39, 0.29) is 0 Å². The summed E-state index contributed by atoms with van der Waals surface area (Å²) in [5.74, 6) is 3.50. The van der Waals surface area contributed by atoms with Crippen LogP contribution in [0.1, 0.15) is 0 Å². The van der Waals surface area contributed by atoms with Crippen molar-refractivity contribution in [2.75, 3.05) is 0 Å². The molecule has 0 fully saturated rings. The van der Waals surface area contributed by atoms with Crippen molar-refractivity contribution < 1.29 is 9.60 Å². The predicted octanol–water partition coefficient (Wildman–Crippen LogP) is -0.0412. The Kier molecular flexibility index (Phi) is 990. The number of halogens is 1. The molecule has 0 aliphatic heterocycles. The van der Waals surface area contributed by atoms with Crippen molar-refractivity contribution in [3.8, 4) is 0 Å².